The zero-order valence-corrected chi connectivity index (χ0v) is 12.0. The predicted molar refractivity (Wildman–Crippen MR) is 70.5 cm³/mol. The van der Waals surface area contributed by atoms with Gasteiger partial charge in [0.15, 0.2) is 0 Å². The quantitative estimate of drug-likeness (QED) is 0.640. The van der Waals surface area contributed by atoms with E-state index in [1.807, 2.05) is 0 Å². The topological polar surface area (TPSA) is 68.8 Å². The SMILES string of the molecule is CCOCCNC(=O)Nc1ccc2c(c1)C(F)(F)OC(F)(F)O2. The van der Waals surface area contributed by atoms with E-state index in [0.29, 0.717) is 13.2 Å². The van der Waals surface area contributed by atoms with Crippen LogP contribution in [0.1, 0.15) is 12.5 Å². The Kier molecular flexibility index (Phi) is 4.95. The molecule has 0 saturated carbocycles. The van der Waals surface area contributed by atoms with Crippen molar-refractivity contribution in [3.63, 3.8) is 0 Å². The standard InChI is InChI=1S/C13H14F4N2O4/c1-2-21-6-5-18-11(20)19-8-3-4-10-9(7-8)12(14,15)23-13(16,17)22-10/h3-4,7H,2,5-6H2,1H3,(H2,18,19,20). The first-order valence-electron chi connectivity index (χ1n) is 6.65. The molecule has 0 fully saturated rings. The molecular formula is C13H14F4N2O4. The number of benzene rings is 1. The number of fused-ring (bicyclic) bond motifs is 1. The monoisotopic (exact) mass is 338 g/mol. The molecule has 0 unspecified atom stereocenters. The van der Waals surface area contributed by atoms with Crippen LogP contribution in [-0.4, -0.2) is 32.1 Å². The largest absolute Gasteiger partial charge is 0.540 e. The second-order valence-electron chi connectivity index (χ2n) is 4.47. The van der Waals surface area contributed by atoms with Crippen molar-refractivity contribution >= 4 is 11.7 Å². The van der Waals surface area contributed by atoms with Gasteiger partial charge in [0, 0.05) is 18.8 Å². The summed E-state index contributed by atoms with van der Waals surface area (Å²) in [6.07, 6.45) is -8.68. The van der Waals surface area contributed by atoms with E-state index in [1.54, 1.807) is 6.92 Å². The van der Waals surface area contributed by atoms with E-state index in [4.69, 9.17) is 4.74 Å². The lowest BCUT2D eigenvalue weighted by Gasteiger charge is -2.30. The summed E-state index contributed by atoms with van der Waals surface area (Å²) in [7, 11) is 0. The van der Waals surface area contributed by atoms with Crippen LogP contribution in [-0.2, 0) is 15.6 Å². The normalized spacial score (nSPS) is 17.8. The number of amides is 2. The van der Waals surface area contributed by atoms with E-state index in [9.17, 15) is 22.4 Å². The first-order valence-corrected chi connectivity index (χ1v) is 6.65. The lowest BCUT2D eigenvalue weighted by atomic mass is 10.1. The summed E-state index contributed by atoms with van der Waals surface area (Å²) >= 11 is 0. The van der Waals surface area contributed by atoms with E-state index >= 15 is 0 Å². The zero-order valence-electron chi connectivity index (χ0n) is 12.0. The molecule has 10 heteroatoms. The highest BCUT2D eigenvalue weighted by Crippen LogP contribution is 2.46. The lowest BCUT2D eigenvalue weighted by molar-refractivity contribution is -0.461. The second kappa shape index (κ2) is 6.59. The Labute approximate surface area is 128 Å². The van der Waals surface area contributed by atoms with E-state index in [1.165, 1.54) is 0 Å². The molecule has 1 aliphatic rings. The van der Waals surface area contributed by atoms with Gasteiger partial charge in [0.1, 0.15) is 5.75 Å². The summed E-state index contributed by atoms with van der Waals surface area (Å²) in [5.74, 6) is -0.728. The number of carbonyl (C=O) groups is 1. The van der Waals surface area contributed by atoms with Crippen LogP contribution in [0.5, 0.6) is 5.75 Å². The first-order chi connectivity index (χ1) is 10.7. The van der Waals surface area contributed by atoms with Gasteiger partial charge in [-0.15, -0.1) is 8.78 Å². The summed E-state index contributed by atoms with van der Waals surface area (Å²) < 4.78 is 65.2. The predicted octanol–water partition coefficient (Wildman–Crippen LogP) is 2.85. The molecule has 0 saturated heterocycles. The minimum Gasteiger partial charge on any atom is -0.409 e. The number of halogens is 4. The average molecular weight is 338 g/mol. The Morgan fingerprint density at radius 2 is 2.04 bits per heavy atom. The maximum absolute atomic E-state index is 13.6. The average Bonchev–Trinajstić information content (AvgIpc) is 2.42. The highest BCUT2D eigenvalue weighted by Gasteiger charge is 2.54. The molecule has 128 valence electrons. The Morgan fingerprint density at radius 1 is 1.30 bits per heavy atom. The number of nitrogens with one attached hydrogen (secondary N) is 2. The molecule has 2 amide bonds. The molecule has 0 aromatic heterocycles. The van der Waals surface area contributed by atoms with Crippen LogP contribution in [0.15, 0.2) is 18.2 Å². The molecule has 0 radical (unpaired) electrons. The van der Waals surface area contributed by atoms with Crippen molar-refractivity contribution in [2.24, 2.45) is 0 Å². The molecule has 6 nitrogen and oxygen atoms in total. The van der Waals surface area contributed by atoms with Crippen molar-refractivity contribution in [1.82, 2.24) is 5.32 Å². The summed E-state index contributed by atoms with van der Waals surface area (Å²) in [5, 5.41) is 4.72. The molecule has 23 heavy (non-hydrogen) atoms. The van der Waals surface area contributed by atoms with Gasteiger partial charge in [0.05, 0.1) is 12.2 Å². The maximum Gasteiger partial charge on any atom is 0.540 e. The number of ether oxygens (including phenoxy) is 3. The molecule has 0 atom stereocenters. The third-order valence-electron chi connectivity index (χ3n) is 2.76. The fraction of sp³-hybridized carbons (Fsp3) is 0.462. The fourth-order valence-electron chi connectivity index (χ4n) is 1.83. The van der Waals surface area contributed by atoms with Gasteiger partial charge >= 0.3 is 18.4 Å². The van der Waals surface area contributed by atoms with Gasteiger partial charge in [-0.2, -0.15) is 8.78 Å². The van der Waals surface area contributed by atoms with Crippen LogP contribution in [0.4, 0.5) is 28.0 Å². The smallest absolute Gasteiger partial charge is 0.409 e. The van der Waals surface area contributed by atoms with Crippen LogP contribution < -0.4 is 15.4 Å². The summed E-state index contributed by atoms with van der Waals surface area (Å²) in [6.45, 7) is 2.80. The molecular weight excluding hydrogens is 324 g/mol. The molecule has 0 spiro atoms. The van der Waals surface area contributed by atoms with Crippen molar-refractivity contribution in [1.29, 1.82) is 0 Å². The highest BCUT2D eigenvalue weighted by atomic mass is 19.3. The minimum atomic E-state index is -4.43. The highest BCUT2D eigenvalue weighted by molar-refractivity contribution is 5.89. The van der Waals surface area contributed by atoms with Crippen molar-refractivity contribution in [3.8, 4) is 5.75 Å². The number of alkyl halides is 4. The van der Waals surface area contributed by atoms with Gasteiger partial charge in [-0.3, -0.25) is 0 Å². The van der Waals surface area contributed by atoms with Gasteiger partial charge < -0.3 is 20.1 Å². The third kappa shape index (κ3) is 4.45. The molecule has 1 aliphatic heterocycles. The Hall–Kier alpha value is -2.07. The second-order valence-corrected chi connectivity index (χ2v) is 4.47. The van der Waals surface area contributed by atoms with Crippen molar-refractivity contribution in [2.45, 2.75) is 19.3 Å². The van der Waals surface area contributed by atoms with Gasteiger partial charge in [-0.1, -0.05) is 0 Å². The molecule has 2 rings (SSSR count). The Morgan fingerprint density at radius 3 is 2.74 bits per heavy atom. The van der Waals surface area contributed by atoms with Crippen LogP contribution in [0, 0.1) is 0 Å². The number of urea groups is 1. The number of hydrogen-bond donors (Lipinski definition) is 2. The zero-order chi connectivity index (χ0) is 17.1. The molecule has 0 aliphatic carbocycles. The van der Waals surface area contributed by atoms with Gasteiger partial charge in [0.2, 0.25) is 0 Å². The lowest BCUT2D eigenvalue weighted by Crippen LogP contribution is -2.41. The molecule has 1 aromatic rings. The third-order valence-corrected chi connectivity index (χ3v) is 2.76. The van der Waals surface area contributed by atoms with Gasteiger partial charge in [0.25, 0.3) is 0 Å². The molecule has 1 aromatic carbocycles. The number of anilines is 1. The van der Waals surface area contributed by atoms with Crippen LogP contribution in [0.25, 0.3) is 0 Å². The fourth-order valence-corrected chi connectivity index (χ4v) is 1.83. The van der Waals surface area contributed by atoms with Crippen LogP contribution >= 0.6 is 0 Å². The summed E-state index contributed by atoms with van der Waals surface area (Å²) in [5.41, 5.74) is -0.940. The Balaban J connectivity index is 2.05. The number of rotatable bonds is 5. The van der Waals surface area contributed by atoms with Crippen molar-refractivity contribution in [2.75, 3.05) is 25.1 Å². The van der Waals surface area contributed by atoms with Gasteiger partial charge in [-0.25, -0.2) is 9.53 Å². The minimum absolute atomic E-state index is 0.0326. The maximum atomic E-state index is 13.6. The van der Waals surface area contributed by atoms with Gasteiger partial charge in [-0.05, 0) is 25.1 Å². The van der Waals surface area contributed by atoms with E-state index in [0.717, 1.165) is 18.2 Å². The Bertz CT molecular complexity index is 583. The van der Waals surface area contributed by atoms with Crippen LogP contribution in [0.3, 0.4) is 0 Å². The van der Waals surface area contributed by atoms with Crippen molar-refractivity contribution < 1.29 is 36.6 Å². The molecule has 2 N–H and O–H groups in total. The number of hydrogen-bond acceptors (Lipinski definition) is 4. The van der Waals surface area contributed by atoms with Crippen molar-refractivity contribution in [3.05, 3.63) is 23.8 Å². The molecule has 1 heterocycles. The summed E-state index contributed by atoms with van der Waals surface area (Å²) in [4.78, 5) is 11.6. The van der Waals surface area contributed by atoms with Crippen LogP contribution in [0.2, 0.25) is 0 Å². The first kappa shape index (κ1) is 17.3. The van der Waals surface area contributed by atoms with E-state index in [-0.39, 0.29) is 12.2 Å². The van der Waals surface area contributed by atoms with E-state index in [2.05, 4.69) is 20.1 Å². The molecule has 0 bridgehead atoms. The number of carbonyl (C=O) groups excluding carboxylic acids is 1. The summed E-state index contributed by atoms with van der Waals surface area (Å²) in [6, 6.07) is 2.19. The van der Waals surface area contributed by atoms with E-state index < -0.39 is 29.7 Å².